The molecule has 2 rings (SSSR count). The molecule has 1 aromatic carbocycles. The van der Waals surface area contributed by atoms with E-state index in [9.17, 15) is 4.79 Å². The molecule has 0 unspecified atom stereocenters. The molecule has 0 N–H and O–H groups in total. The van der Waals surface area contributed by atoms with Crippen LogP contribution in [0.2, 0.25) is 5.02 Å². The average Bonchev–Trinajstić information content (AvgIpc) is 2.35. The molecule has 0 fully saturated rings. The van der Waals surface area contributed by atoms with Crippen molar-refractivity contribution < 1.29 is 9.53 Å². The Morgan fingerprint density at radius 1 is 1.35 bits per heavy atom. The first-order chi connectivity index (χ1) is 8.19. The molecule has 0 radical (unpaired) electrons. The minimum absolute atomic E-state index is 0.219. The van der Waals surface area contributed by atoms with Crippen LogP contribution in [0.5, 0.6) is 0 Å². The number of nitrogens with zero attached hydrogens (tertiary/aromatic N) is 1. The third-order valence-corrected chi connectivity index (χ3v) is 2.76. The lowest BCUT2D eigenvalue weighted by Crippen LogP contribution is -2.02. The second-order valence-corrected chi connectivity index (χ2v) is 4.15. The van der Waals surface area contributed by atoms with Crippen molar-refractivity contribution >= 4 is 28.5 Å². The number of halogens is 1. The summed E-state index contributed by atoms with van der Waals surface area (Å²) in [5.74, 6) is -0.219. The van der Waals surface area contributed by atoms with Crippen molar-refractivity contribution in [2.45, 2.75) is 12.8 Å². The molecule has 1 aromatic heterocycles. The second kappa shape index (κ2) is 5.15. The number of rotatable bonds is 3. The van der Waals surface area contributed by atoms with E-state index in [0.29, 0.717) is 17.9 Å². The Kier molecular flexibility index (Phi) is 3.59. The largest absolute Gasteiger partial charge is 0.469 e. The van der Waals surface area contributed by atoms with Gasteiger partial charge in [-0.25, -0.2) is 0 Å². The summed E-state index contributed by atoms with van der Waals surface area (Å²) in [7, 11) is 1.39. The lowest BCUT2D eigenvalue weighted by molar-refractivity contribution is -0.140. The molecule has 88 valence electrons. The molecule has 0 bridgehead atoms. The van der Waals surface area contributed by atoms with Crippen LogP contribution in [0, 0.1) is 0 Å². The fraction of sp³-hybridized carbons (Fsp3) is 0.231. The van der Waals surface area contributed by atoms with Gasteiger partial charge in [0.05, 0.1) is 19.0 Å². The van der Waals surface area contributed by atoms with Gasteiger partial charge in [0, 0.05) is 22.5 Å². The molecule has 0 saturated carbocycles. The van der Waals surface area contributed by atoms with E-state index in [-0.39, 0.29) is 5.97 Å². The number of aromatic nitrogens is 1. The van der Waals surface area contributed by atoms with Crippen molar-refractivity contribution in [2.24, 2.45) is 0 Å². The van der Waals surface area contributed by atoms with Crippen LogP contribution >= 0.6 is 11.6 Å². The van der Waals surface area contributed by atoms with Gasteiger partial charge >= 0.3 is 5.97 Å². The topological polar surface area (TPSA) is 39.2 Å². The Morgan fingerprint density at radius 3 is 2.94 bits per heavy atom. The highest BCUT2D eigenvalue weighted by molar-refractivity contribution is 6.31. The van der Waals surface area contributed by atoms with E-state index < -0.39 is 0 Å². The summed E-state index contributed by atoms with van der Waals surface area (Å²) in [6, 6.07) is 9.41. The zero-order chi connectivity index (χ0) is 12.3. The van der Waals surface area contributed by atoms with Gasteiger partial charge in [0.25, 0.3) is 0 Å². The lowest BCUT2D eigenvalue weighted by Gasteiger charge is -2.03. The van der Waals surface area contributed by atoms with Crippen LogP contribution in [0.3, 0.4) is 0 Å². The van der Waals surface area contributed by atoms with Gasteiger partial charge in [-0.1, -0.05) is 17.7 Å². The van der Waals surface area contributed by atoms with Crippen LogP contribution in [0.15, 0.2) is 30.3 Å². The van der Waals surface area contributed by atoms with E-state index in [4.69, 9.17) is 11.6 Å². The Labute approximate surface area is 104 Å². The second-order valence-electron chi connectivity index (χ2n) is 3.72. The molecule has 0 atom stereocenters. The van der Waals surface area contributed by atoms with Crippen LogP contribution in [-0.2, 0) is 16.0 Å². The number of pyridine rings is 1. The highest BCUT2D eigenvalue weighted by Gasteiger charge is 2.03. The number of methoxy groups -OCH3 is 1. The van der Waals surface area contributed by atoms with E-state index in [1.54, 1.807) is 6.07 Å². The molecule has 3 nitrogen and oxygen atoms in total. The van der Waals surface area contributed by atoms with Crippen LogP contribution in [0.25, 0.3) is 10.9 Å². The predicted molar refractivity (Wildman–Crippen MR) is 67.1 cm³/mol. The normalized spacial score (nSPS) is 10.5. The Morgan fingerprint density at radius 2 is 2.18 bits per heavy atom. The van der Waals surface area contributed by atoms with Crippen molar-refractivity contribution in [3.63, 3.8) is 0 Å². The third kappa shape index (κ3) is 2.94. The summed E-state index contributed by atoms with van der Waals surface area (Å²) in [6.45, 7) is 0. The minimum atomic E-state index is -0.219. The molecule has 4 heteroatoms. The maximum absolute atomic E-state index is 11.0. The summed E-state index contributed by atoms with van der Waals surface area (Å²) < 4.78 is 4.59. The van der Waals surface area contributed by atoms with E-state index in [1.807, 2.05) is 24.3 Å². The average molecular weight is 250 g/mol. The Balaban J connectivity index is 2.20. The fourth-order valence-corrected chi connectivity index (χ4v) is 1.79. The van der Waals surface area contributed by atoms with Gasteiger partial charge < -0.3 is 4.74 Å². The zero-order valence-electron chi connectivity index (χ0n) is 9.44. The summed E-state index contributed by atoms with van der Waals surface area (Å²) >= 11 is 5.89. The molecular weight excluding hydrogens is 238 g/mol. The predicted octanol–water partition coefficient (Wildman–Crippen LogP) is 2.99. The van der Waals surface area contributed by atoms with Gasteiger partial charge in [-0.3, -0.25) is 9.78 Å². The Bertz CT molecular complexity index is 554. The molecule has 1 heterocycles. The molecule has 0 aliphatic heterocycles. The monoisotopic (exact) mass is 249 g/mol. The van der Waals surface area contributed by atoms with Crippen molar-refractivity contribution in [2.75, 3.05) is 7.11 Å². The van der Waals surface area contributed by atoms with E-state index >= 15 is 0 Å². The summed E-state index contributed by atoms with van der Waals surface area (Å²) in [5.41, 5.74) is 1.77. The number of hydrogen-bond acceptors (Lipinski definition) is 3. The number of carbonyl (C=O) groups excluding carboxylic acids is 1. The molecule has 0 spiro atoms. The van der Waals surface area contributed by atoms with Crippen molar-refractivity contribution in [3.05, 3.63) is 41.0 Å². The quantitative estimate of drug-likeness (QED) is 0.785. The van der Waals surface area contributed by atoms with Crippen LogP contribution in [-0.4, -0.2) is 18.1 Å². The SMILES string of the molecule is COC(=O)CCc1ccc2cc(Cl)ccc2n1. The number of benzene rings is 1. The fourth-order valence-electron chi connectivity index (χ4n) is 1.61. The first kappa shape index (κ1) is 11.9. The molecule has 17 heavy (non-hydrogen) atoms. The molecule has 0 aliphatic carbocycles. The molecule has 0 saturated heterocycles. The van der Waals surface area contributed by atoms with E-state index in [2.05, 4.69) is 9.72 Å². The number of hydrogen-bond donors (Lipinski definition) is 0. The maximum atomic E-state index is 11.0. The van der Waals surface area contributed by atoms with Crippen molar-refractivity contribution in [3.8, 4) is 0 Å². The van der Waals surface area contributed by atoms with Gasteiger partial charge in [-0.2, -0.15) is 0 Å². The van der Waals surface area contributed by atoms with Gasteiger partial charge in [0.1, 0.15) is 0 Å². The lowest BCUT2D eigenvalue weighted by atomic mass is 10.1. The number of carbonyl (C=O) groups is 1. The highest BCUT2D eigenvalue weighted by Crippen LogP contribution is 2.18. The van der Waals surface area contributed by atoms with Crippen LogP contribution < -0.4 is 0 Å². The van der Waals surface area contributed by atoms with Crippen LogP contribution in [0.1, 0.15) is 12.1 Å². The molecule has 0 aliphatic rings. The third-order valence-electron chi connectivity index (χ3n) is 2.52. The first-order valence-corrected chi connectivity index (χ1v) is 5.69. The first-order valence-electron chi connectivity index (χ1n) is 5.31. The number of esters is 1. The van der Waals surface area contributed by atoms with Gasteiger partial charge in [-0.05, 0) is 24.3 Å². The molecular formula is C13H12ClNO2. The number of ether oxygens (including phenoxy) is 1. The highest BCUT2D eigenvalue weighted by atomic mass is 35.5. The van der Waals surface area contributed by atoms with E-state index in [0.717, 1.165) is 16.6 Å². The van der Waals surface area contributed by atoms with E-state index in [1.165, 1.54) is 7.11 Å². The number of fused-ring (bicyclic) bond motifs is 1. The Hall–Kier alpha value is -1.61. The van der Waals surface area contributed by atoms with Gasteiger partial charge in [0.15, 0.2) is 0 Å². The molecule has 0 amide bonds. The summed E-state index contributed by atoms with van der Waals surface area (Å²) in [6.07, 6.45) is 0.938. The van der Waals surface area contributed by atoms with Crippen molar-refractivity contribution in [1.82, 2.24) is 4.98 Å². The molecule has 2 aromatic rings. The maximum Gasteiger partial charge on any atom is 0.305 e. The standard InChI is InChI=1S/C13H12ClNO2/c1-17-13(16)7-5-11-4-2-9-8-10(14)3-6-12(9)15-11/h2-4,6,8H,5,7H2,1H3. The van der Waals surface area contributed by atoms with Gasteiger partial charge in [-0.15, -0.1) is 0 Å². The minimum Gasteiger partial charge on any atom is -0.469 e. The summed E-state index contributed by atoms with van der Waals surface area (Å²) in [4.78, 5) is 15.5. The smallest absolute Gasteiger partial charge is 0.305 e. The summed E-state index contributed by atoms with van der Waals surface area (Å²) in [5, 5.41) is 1.70. The van der Waals surface area contributed by atoms with Crippen LogP contribution in [0.4, 0.5) is 0 Å². The zero-order valence-corrected chi connectivity index (χ0v) is 10.2. The number of aryl methyl sites for hydroxylation is 1. The van der Waals surface area contributed by atoms with Gasteiger partial charge in [0.2, 0.25) is 0 Å². The van der Waals surface area contributed by atoms with Crippen molar-refractivity contribution in [1.29, 1.82) is 0 Å².